The number of carbonyl (C=O) groups is 1. The number of ether oxygens (including phenoxy) is 3. The van der Waals surface area contributed by atoms with Gasteiger partial charge in [-0.05, 0) is 36.8 Å². The molecule has 11 heteroatoms. The van der Waals surface area contributed by atoms with Crippen molar-refractivity contribution >= 4 is 11.6 Å². The highest BCUT2D eigenvalue weighted by Crippen LogP contribution is 2.34. The number of alkyl halides is 3. The largest absolute Gasteiger partial charge is 0.493 e. The molecule has 0 saturated heterocycles. The van der Waals surface area contributed by atoms with Crippen LogP contribution >= 0.6 is 0 Å². The Morgan fingerprint density at radius 2 is 1.70 bits per heavy atom. The van der Waals surface area contributed by atoms with Gasteiger partial charge in [0.05, 0.1) is 30.8 Å². The van der Waals surface area contributed by atoms with Crippen molar-refractivity contribution in [3.63, 3.8) is 0 Å². The first-order valence-electron chi connectivity index (χ1n) is 8.61. The van der Waals surface area contributed by atoms with Gasteiger partial charge in [-0.3, -0.25) is 14.9 Å². The van der Waals surface area contributed by atoms with Crippen molar-refractivity contribution in [1.29, 1.82) is 0 Å². The van der Waals surface area contributed by atoms with Gasteiger partial charge in [0, 0.05) is 12.1 Å². The Morgan fingerprint density at radius 1 is 1.10 bits per heavy atom. The van der Waals surface area contributed by atoms with Crippen molar-refractivity contribution in [2.45, 2.75) is 12.6 Å². The predicted molar refractivity (Wildman–Crippen MR) is 99.9 cm³/mol. The van der Waals surface area contributed by atoms with Gasteiger partial charge < -0.3 is 19.5 Å². The molecule has 0 radical (unpaired) electrons. The first-order valence-corrected chi connectivity index (χ1v) is 8.61. The third-order valence-electron chi connectivity index (χ3n) is 4.05. The molecule has 2 rings (SSSR count). The second kappa shape index (κ2) is 9.81. The maximum Gasteiger partial charge on any atom is 0.416 e. The number of nitro groups is 1. The maximum absolute atomic E-state index is 12.5. The molecule has 0 aromatic heterocycles. The lowest BCUT2D eigenvalue weighted by atomic mass is 10.1. The van der Waals surface area contributed by atoms with Crippen LogP contribution < -0.4 is 19.5 Å². The summed E-state index contributed by atoms with van der Waals surface area (Å²) in [5.74, 6) is 0.101. The summed E-state index contributed by atoms with van der Waals surface area (Å²) in [6.07, 6.45) is -4.31. The molecule has 0 heterocycles. The third-order valence-corrected chi connectivity index (χ3v) is 4.05. The van der Waals surface area contributed by atoms with Crippen molar-refractivity contribution in [3.8, 4) is 17.2 Å². The summed E-state index contributed by atoms with van der Waals surface area (Å²) in [6.45, 7) is -0.342. The molecule has 162 valence electrons. The van der Waals surface area contributed by atoms with Crippen molar-refractivity contribution in [3.05, 3.63) is 57.6 Å². The summed E-state index contributed by atoms with van der Waals surface area (Å²) in [5.41, 5.74) is -0.666. The molecule has 0 spiro atoms. The number of hydrogen-bond donors (Lipinski definition) is 1. The Labute approximate surface area is 169 Å². The third kappa shape index (κ3) is 6.00. The van der Waals surface area contributed by atoms with Gasteiger partial charge in [0.15, 0.2) is 18.1 Å². The van der Waals surface area contributed by atoms with E-state index in [0.717, 1.165) is 24.3 Å². The van der Waals surface area contributed by atoms with Gasteiger partial charge in [-0.1, -0.05) is 0 Å². The Hall–Kier alpha value is -3.50. The fourth-order valence-corrected chi connectivity index (χ4v) is 2.56. The highest BCUT2D eigenvalue weighted by Gasteiger charge is 2.30. The highest BCUT2D eigenvalue weighted by molar-refractivity contribution is 5.77. The molecule has 1 amide bonds. The summed E-state index contributed by atoms with van der Waals surface area (Å²) in [7, 11) is 2.76. The quantitative estimate of drug-likeness (QED) is 0.486. The van der Waals surface area contributed by atoms with E-state index < -0.39 is 29.2 Å². The lowest BCUT2D eigenvalue weighted by molar-refractivity contribution is -0.385. The fourth-order valence-electron chi connectivity index (χ4n) is 2.56. The van der Waals surface area contributed by atoms with Crippen LogP contribution in [-0.2, 0) is 17.4 Å². The predicted octanol–water partition coefficient (Wildman–Crippen LogP) is 3.37. The molecule has 0 aliphatic heterocycles. The number of rotatable bonds is 9. The summed E-state index contributed by atoms with van der Waals surface area (Å²) in [5, 5.41) is 13.8. The molecule has 8 nitrogen and oxygen atoms in total. The van der Waals surface area contributed by atoms with Gasteiger partial charge in [0.1, 0.15) is 5.75 Å². The van der Waals surface area contributed by atoms with E-state index in [1.165, 1.54) is 26.4 Å². The molecule has 0 saturated carbocycles. The number of nitrogens with zero attached hydrogens (tertiary/aromatic N) is 1. The highest BCUT2D eigenvalue weighted by atomic mass is 19.4. The van der Waals surface area contributed by atoms with Crippen molar-refractivity contribution in [2.75, 3.05) is 27.4 Å². The summed E-state index contributed by atoms with van der Waals surface area (Å²) in [6, 6.07) is 6.63. The number of amides is 1. The summed E-state index contributed by atoms with van der Waals surface area (Å²) in [4.78, 5) is 22.6. The maximum atomic E-state index is 12.5. The Morgan fingerprint density at radius 3 is 2.23 bits per heavy atom. The number of hydrogen-bond acceptors (Lipinski definition) is 6. The summed E-state index contributed by atoms with van der Waals surface area (Å²) < 4.78 is 52.9. The average Bonchev–Trinajstić information content (AvgIpc) is 2.71. The van der Waals surface area contributed by atoms with Crippen LogP contribution in [0.2, 0.25) is 0 Å². The van der Waals surface area contributed by atoms with Crippen LogP contribution in [0, 0.1) is 10.1 Å². The van der Waals surface area contributed by atoms with Gasteiger partial charge >= 0.3 is 6.18 Å². The molecule has 30 heavy (non-hydrogen) atoms. The molecule has 0 bridgehead atoms. The minimum absolute atomic E-state index is 0.0749. The van der Waals surface area contributed by atoms with Crippen molar-refractivity contribution in [2.24, 2.45) is 0 Å². The van der Waals surface area contributed by atoms with Gasteiger partial charge in [0.25, 0.3) is 11.6 Å². The second-order valence-corrected chi connectivity index (χ2v) is 6.00. The van der Waals surface area contributed by atoms with E-state index in [4.69, 9.17) is 14.2 Å². The minimum atomic E-state index is -4.46. The zero-order valence-corrected chi connectivity index (χ0v) is 16.1. The number of carbonyl (C=O) groups excluding carboxylic acids is 1. The molecule has 0 aliphatic carbocycles. The molecule has 2 aromatic rings. The lowest BCUT2D eigenvalue weighted by Crippen LogP contribution is -2.30. The molecule has 0 atom stereocenters. The zero-order chi connectivity index (χ0) is 22.3. The Bertz CT molecular complexity index is 900. The molecule has 0 aliphatic rings. The lowest BCUT2D eigenvalue weighted by Gasteiger charge is -2.11. The molecule has 0 unspecified atom stereocenters. The first kappa shape index (κ1) is 22.8. The molecular formula is C19H19F3N2O6. The Balaban J connectivity index is 1.90. The van der Waals surface area contributed by atoms with Crippen molar-refractivity contribution < 1.29 is 37.1 Å². The summed E-state index contributed by atoms with van der Waals surface area (Å²) >= 11 is 0. The van der Waals surface area contributed by atoms with E-state index in [2.05, 4.69) is 5.32 Å². The smallest absolute Gasteiger partial charge is 0.416 e. The van der Waals surface area contributed by atoms with E-state index in [1.54, 1.807) is 0 Å². The number of methoxy groups -OCH3 is 2. The van der Waals surface area contributed by atoms with Crippen LogP contribution in [0.4, 0.5) is 18.9 Å². The van der Waals surface area contributed by atoms with E-state index in [0.29, 0.717) is 11.3 Å². The molecule has 2 aromatic carbocycles. The molecule has 1 N–H and O–H groups in total. The fraction of sp³-hybridized carbons (Fsp3) is 0.316. The number of halogens is 3. The molecule has 0 fully saturated rings. The normalized spacial score (nSPS) is 11.0. The Kier molecular flexibility index (Phi) is 7.45. The topological polar surface area (TPSA) is 99.9 Å². The van der Waals surface area contributed by atoms with Crippen LogP contribution in [0.5, 0.6) is 17.2 Å². The van der Waals surface area contributed by atoms with Gasteiger partial charge in [0.2, 0.25) is 0 Å². The monoisotopic (exact) mass is 428 g/mol. The standard InChI is InChI=1S/C19H19F3N2O6/c1-28-16-9-12(15(24(26)27)10-17(16)29-2)7-8-23-18(25)11-30-14-5-3-13(4-6-14)19(20,21)22/h3-6,9-10H,7-8,11H2,1-2H3,(H,23,25). The van der Waals surface area contributed by atoms with E-state index in [1.807, 2.05) is 0 Å². The molecular weight excluding hydrogens is 409 g/mol. The van der Waals surface area contributed by atoms with Crippen LogP contribution in [0.3, 0.4) is 0 Å². The second-order valence-electron chi connectivity index (χ2n) is 6.00. The van der Waals surface area contributed by atoms with E-state index >= 15 is 0 Å². The zero-order valence-electron chi connectivity index (χ0n) is 16.1. The van der Waals surface area contributed by atoms with Gasteiger partial charge in [-0.25, -0.2) is 0 Å². The van der Waals surface area contributed by atoms with Crippen LogP contribution in [0.15, 0.2) is 36.4 Å². The average molecular weight is 428 g/mol. The van der Waals surface area contributed by atoms with Gasteiger partial charge in [-0.2, -0.15) is 13.2 Å². The number of nitrogens with one attached hydrogen (secondary N) is 1. The van der Waals surface area contributed by atoms with E-state index in [-0.39, 0.29) is 30.2 Å². The van der Waals surface area contributed by atoms with Crippen LogP contribution in [0.25, 0.3) is 0 Å². The number of benzene rings is 2. The van der Waals surface area contributed by atoms with Gasteiger partial charge in [-0.15, -0.1) is 0 Å². The van der Waals surface area contributed by atoms with E-state index in [9.17, 15) is 28.1 Å². The minimum Gasteiger partial charge on any atom is -0.493 e. The van der Waals surface area contributed by atoms with Crippen LogP contribution in [-0.4, -0.2) is 38.2 Å². The van der Waals surface area contributed by atoms with Crippen molar-refractivity contribution in [1.82, 2.24) is 5.32 Å². The SMILES string of the molecule is COc1cc(CCNC(=O)COc2ccc(C(F)(F)F)cc2)c([N+](=O)[O-])cc1OC. The first-order chi connectivity index (χ1) is 14.2. The van der Waals surface area contributed by atoms with Crippen LogP contribution in [0.1, 0.15) is 11.1 Å². The number of nitro benzene ring substituents is 1.